The van der Waals surface area contributed by atoms with Crippen molar-refractivity contribution in [3.05, 3.63) is 58.4 Å². The van der Waals surface area contributed by atoms with Gasteiger partial charge < -0.3 is 16.0 Å². The number of sulfone groups is 1. The van der Waals surface area contributed by atoms with Crippen molar-refractivity contribution in [1.29, 1.82) is 0 Å². The minimum atomic E-state index is -4.05. The molecule has 7 nitrogen and oxygen atoms in total. The molecule has 1 atom stereocenters. The molecule has 0 bridgehead atoms. The molecule has 1 heterocycles. The maximum atomic E-state index is 14.8. The first-order chi connectivity index (χ1) is 14.7. The Kier molecular flexibility index (Phi) is 5.76. The van der Waals surface area contributed by atoms with Crippen LogP contribution in [0.2, 0.25) is 5.02 Å². The highest BCUT2D eigenvalue weighted by Crippen LogP contribution is 2.34. The standard InChI is InChI=1S/C21H21ClFN3O4S/c22-13-6-4-12(5-7-13)10-26-18-8-15(20(27)25-14-2-1-3-14)16(23)9-19(18)31(29,30)11-17(24)21(26)28/h4-9,14,17H,1-3,10-11,24H2,(H,25,27)/t17-/m0/s1. The van der Waals surface area contributed by atoms with Crippen LogP contribution in [0.3, 0.4) is 0 Å². The predicted octanol–water partition coefficient (Wildman–Crippen LogP) is 2.41. The smallest absolute Gasteiger partial charge is 0.254 e. The molecule has 0 unspecified atom stereocenters. The van der Waals surface area contributed by atoms with Gasteiger partial charge in [-0.15, -0.1) is 0 Å². The highest BCUT2D eigenvalue weighted by Gasteiger charge is 2.37. The first-order valence-corrected chi connectivity index (χ1v) is 11.9. The predicted molar refractivity (Wildman–Crippen MR) is 114 cm³/mol. The minimum Gasteiger partial charge on any atom is -0.349 e. The van der Waals surface area contributed by atoms with Crippen LogP contribution in [-0.4, -0.2) is 38.1 Å². The monoisotopic (exact) mass is 465 g/mol. The van der Waals surface area contributed by atoms with Crippen molar-refractivity contribution in [2.75, 3.05) is 10.7 Å². The van der Waals surface area contributed by atoms with Crippen molar-refractivity contribution < 1.29 is 22.4 Å². The summed E-state index contributed by atoms with van der Waals surface area (Å²) in [7, 11) is -4.05. The van der Waals surface area contributed by atoms with Crippen LogP contribution in [0.15, 0.2) is 41.3 Å². The van der Waals surface area contributed by atoms with E-state index in [4.69, 9.17) is 17.3 Å². The van der Waals surface area contributed by atoms with Crippen LogP contribution in [-0.2, 0) is 21.2 Å². The number of nitrogens with zero attached hydrogens (tertiary/aromatic N) is 1. The molecule has 2 aliphatic rings. The van der Waals surface area contributed by atoms with E-state index in [9.17, 15) is 22.4 Å². The normalized spacial score (nSPS) is 20.5. The zero-order valence-electron chi connectivity index (χ0n) is 16.5. The second-order valence-corrected chi connectivity index (χ2v) is 10.3. The Morgan fingerprint density at radius 1 is 1.23 bits per heavy atom. The lowest BCUT2D eigenvalue weighted by Crippen LogP contribution is -2.45. The number of nitrogens with one attached hydrogen (secondary N) is 1. The number of carbonyl (C=O) groups excluding carboxylic acids is 2. The van der Waals surface area contributed by atoms with Gasteiger partial charge in [0.25, 0.3) is 5.91 Å². The summed E-state index contributed by atoms with van der Waals surface area (Å²) in [6.45, 7) is -0.0124. The number of nitrogens with two attached hydrogens (primary N) is 1. The molecule has 1 aliphatic heterocycles. The van der Waals surface area contributed by atoms with E-state index in [1.54, 1.807) is 24.3 Å². The van der Waals surface area contributed by atoms with Crippen molar-refractivity contribution in [1.82, 2.24) is 5.32 Å². The fraction of sp³-hybridized carbons (Fsp3) is 0.333. The second-order valence-electron chi connectivity index (χ2n) is 7.84. The molecule has 1 fully saturated rings. The zero-order valence-corrected chi connectivity index (χ0v) is 18.0. The summed E-state index contributed by atoms with van der Waals surface area (Å²) in [5.74, 6) is -2.89. The van der Waals surface area contributed by atoms with Crippen molar-refractivity contribution in [3.63, 3.8) is 0 Å². The number of carbonyl (C=O) groups is 2. The van der Waals surface area contributed by atoms with Gasteiger partial charge in [0.05, 0.1) is 34.5 Å². The molecule has 2 amide bonds. The van der Waals surface area contributed by atoms with Crippen LogP contribution in [0, 0.1) is 5.82 Å². The third-order valence-corrected chi connectivity index (χ3v) is 7.64. The van der Waals surface area contributed by atoms with Crippen molar-refractivity contribution in [3.8, 4) is 0 Å². The van der Waals surface area contributed by atoms with E-state index >= 15 is 0 Å². The molecule has 1 aliphatic carbocycles. The van der Waals surface area contributed by atoms with E-state index in [1.807, 2.05) is 0 Å². The topological polar surface area (TPSA) is 110 Å². The van der Waals surface area contributed by atoms with Gasteiger partial charge in [-0.1, -0.05) is 23.7 Å². The molecule has 4 rings (SSSR count). The lowest BCUT2D eigenvalue weighted by molar-refractivity contribution is -0.119. The number of benzene rings is 2. The molecule has 0 saturated heterocycles. The molecule has 3 N–H and O–H groups in total. The summed E-state index contributed by atoms with van der Waals surface area (Å²) in [4.78, 5) is 26.4. The Morgan fingerprint density at radius 3 is 2.52 bits per heavy atom. The Morgan fingerprint density at radius 2 is 1.90 bits per heavy atom. The molecule has 2 aromatic carbocycles. The minimum absolute atomic E-state index is 0.0124. The molecule has 10 heteroatoms. The molecule has 0 radical (unpaired) electrons. The molecular formula is C21H21ClFN3O4S. The van der Waals surface area contributed by atoms with E-state index in [2.05, 4.69) is 5.32 Å². The summed E-state index contributed by atoms with van der Waals surface area (Å²) in [5, 5.41) is 3.24. The van der Waals surface area contributed by atoms with Gasteiger partial charge in [0, 0.05) is 11.1 Å². The van der Waals surface area contributed by atoms with Gasteiger partial charge in [-0.3, -0.25) is 9.59 Å². The van der Waals surface area contributed by atoms with Crippen LogP contribution in [0.4, 0.5) is 10.1 Å². The molecule has 164 valence electrons. The fourth-order valence-corrected chi connectivity index (χ4v) is 5.34. The average molecular weight is 466 g/mol. The first-order valence-electron chi connectivity index (χ1n) is 9.84. The largest absolute Gasteiger partial charge is 0.349 e. The van der Waals surface area contributed by atoms with Crippen molar-refractivity contribution in [2.24, 2.45) is 5.73 Å². The number of rotatable bonds is 4. The molecule has 31 heavy (non-hydrogen) atoms. The highest BCUT2D eigenvalue weighted by atomic mass is 35.5. The van der Waals surface area contributed by atoms with Crippen LogP contribution >= 0.6 is 11.6 Å². The van der Waals surface area contributed by atoms with Crippen LogP contribution in [0.25, 0.3) is 0 Å². The fourth-order valence-electron chi connectivity index (χ4n) is 3.65. The first kappa shape index (κ1) is 21.7. The van der Waals surface area contributed by atoms with E-state index in [0.717, 1.165) is 31.4 Å². The van der Waals surface area contributed by atoms with E-state index in [0.29, 0.717) is 10.6 Å². The van der Waals surface area contributed by atoms with E-state index in [1.165, 1.54) is 4.90 Å². The number of hydrogen-bond acceptors (Lipinski definition) is 5. The van der Waals surface area contributed by atoms with Crippen LogP contribution < -0.4 is 16.0 Å². The third-order valence-electron chi connectivity index (χ3n) is 5.60. The quantitative estimate of drug-likeness (QED) is 0.720. The lowest BCUT2D eigenvalue weighted by Gasteiger charge is -2.27. The third kappa shape index (κ3) is 4.30. The molecular weight excluding hydrogens is 445 g/mol. The van der Waals surface area contributed by atoms with Gasteiger partial charge in [0.15, 0.2) is 9.84 Å². The maximum absolute atomic E-state index is 14.8. The molecule has 1 saturated carbocycles. The van der Waals surface area contributed by atoms with Gasteiger partial charge in [0.1, 0.15) is 5.82 Å². The zero-order chi connectivity index (χ0) is 22.3. The van der Waals surface area contributed by atoms with Gasteiger partial charge in [0.2, 0.25) is 5.91 Å². The molecule has 0 spiro atoms. The Bertz CT molecular complexity index is 1150. The van der Waals surface area contributed by atoms with E-state index in [-0.39, 0.29) is 28.7 Å². The summed E-state index contributed by atoms with van der Waals surface area (Å²) < 4.78 is 40.4. The van der Waals surface area contributed by atoms with Crippen LogP contribution in [0.1, 0.15) is 35.2 Å². The van der Waals surface area contributed by atoms with Crippen LogP contribution in [0.5, 0.6) is 0 Å². The second kappa shape index (κ2) is 8.22. The number of amides is 2. The Labute approximate surface area is 184 Å². The summed E-state index contributed by atoms with van der Waals surface area (Å²) in [6, 6.07) is 7.23. The van der Waals surface area contributed by atoms with Crippen molar-refractivity contribution in [2.45, 2.75) is 42.8 Å². The maximum Gasteiger partial charge on any atom is 0.254 e. The SMILES string of the molecule is N[C@H]1CS(=O)(=O)c2cc(F)c(C(=O)NC3CCC3)cc2N(Cc2ccc(Cl)cc2)C1=O. The van der Waals surface area contributed by atoms with Crippen molar-refractivity contribution >= 4 is 38.9 Å². The number of hydrogen-bond donors (Lipinski definition) is 2. The van der Waals surface area contributed by atoms with Gasteiger partial charge in [-0.25, -0.2) is 12.8 Å². The Balaban J connectivity index is 1.81. The van der Waals surface area contributed by atoms with Gasteiger partial charge in [-0.2, -0.15) is 0 Å². The van der Waals surface area contributed by atoms with Gasteiger partial charge >= 0.3 is 0 Å². The highest BCUT2D eigenvalue weighted by molar-refractivity contribution is 7.91. The molecule has 0 aromatic heterocycles. The number of halogens is 2. The number of anilines is 1. The summed E-state index contributed by atoms with van der Waals surface area (Å²) in [5.41, 5.74) is 6.15. The van der Waals surface area contributed by atoms with Gasteiger partial charge in [-0.05, 0) is 49.1 Å². The van der Waals surface area contributed by atoms with E-state index < -0.39 is 39.3 Å². The summed E-state index contributed by atoms with van der Waals surface area (Å²) >= 11 is 5.92. The number of fused-ring (bicyclic) bond motifs is 1. The summed E-state index contributed by atoms with van der Waals surface area (Å²) in [6.07, 6.45) is 2.60. The Hall–Kier alpha value is -2.49. The lowest BCUT2D eigenvalue weighted by atomic mass is 9.93. The average Bonchev–Trinajstić information content (AvgIpc) is 2.74. The molecule has 2 aromatic rings.